The fourth-order valence-electron chi connectivity index (χ4n) is 1.92. The summed E-state index contributed by atoms with van der Waals surface area (Å²) in [6.07, 6.45) is 0. The summed E-state index contributed by atoms with van der Waals surface area (Å²) in [5, 5.41) is 0. The van der Waals surface area contributed by atoms with E-state index < -0.39 is 0 Å². The van der Waals surface area contributed by atoms with Crippen LogP contribution in [0.2, 0.25) is 0 Å². The van der Waals surface area contributed by atoms with Gasteiger partial charge in [0.05, 0.1) is 11.4 Å². The molecule has 0 radical (unpaired) electrons. The number of halogens is 2. The maximum atomic E-state index is 5.46. The molecule has 2 aromatic carbocycles. The average Bonchev–Trinajstić information content (AvgIpc) is 2.39. The Kier molecular flexibility index (Phi) is 5.06. The number of benzene rings is 2. The van der Waals surface area contributed by atoms with Gasteiger partial charge in [-0.05, 0) is 48.7 Å². The maximum Gasteiger partial charge on any atom is 0.119 e. The summed E-state index contributed by atoms with van der Waals surface area (Å²) in [4.78, 5) is 0.179. The van der Waals surface area contributed by atoms with Crippen LogP contribution in [0, 0.1) is 6.92 Å². The van der Waals surface area contributed by atoms with E-state index in [1.54, 1.807) is 0 Å². The van der Waals surface area contributed by atoms with Gasteiger partial charge < -0.3 is 4.74 Å². The molecule has 0 aromatic heterocycles. The molecule has 1 unspecified atom stereocenters. The van der Waals surface area contributed by atoms with E-state index in [-0.39, 0.29) is 4.83 Å². The fraction of sp³-hybridized carbons (Fsp3) is 0.250. The van der Waals surface area contributed by atoms with Crippen LogP contribution in [-0.2, 0) is 0 Å². The molecule has 1 atom stereocenters. The number of rotatable bonds is 4. The molecule has 0 bridgehead atoms. The molecule has 0 aliphatic heterocycles. The van der Waals surface area contributed by atoms with Crippen LogP contribution in [0.3, 0.4) is 0 Å². The van der Waals surface area contributed by atoms with Gasteiger partial charge >= 0.3 is 0 Å². The molecule has 2 rings (SSSR count). The number of hydrogen-bond acceptors (Lipinski definition) is 1. The van der Waals surface area contributed by atoms with E-state index in [4.69, 9.17) is 4.74 Å². The zero-order chi connectivity index (χ0) is 13.8. The van der Waals surface area contributed by atoms with Crippen LogP contribution in [0.4, 0.5) is 0 Å². The predicted molar refractivity (Wildman–Crippen MR) is 87.3 cm³/mol. The Morgan fingerprint density at radius 2 is 1.79 bits per heavy atom. The van der Waals surface area contributed by atoms with Crippen LogP contribution in [-0.4, -0.2) is 6.61 Å². The molecule has 0 spiro atoms. The third kappa shape index (κ3) is 3.61. The van der Waals surface area contributed by atoms with Crippen molar-refractivity contribution in [2.24, 2.45) is 0 Å². The van der Waals surface area contributed by atoms with Gasteiger partial charge in [-0.2, -0.15) is 0 Å². The monoisotopic (exact) mass is 382 g/mol. The number of alkyl halides is 1. The molecule has 0 saturated heterocycles. The maximum absolute atomic E-state index is 5.46. The van der Waals surface area contributed by atoms with Crippen molar-refractivity contribution in [3.63, 3.8) is 0 Å². The Labute approximate surface area is 131 Å². The lowest BCUT2D eigenvalue weighted by atomic mass is 10.0. The van der Waals surface area contributed by atoms with Gasteiger partial charge in [0.15, 0.2) is 0 Å². The first-order valence-electron chi connectivity index (χ1n) is 6.24. The summed E-state index contributed by atoms with van der Waals surface area (Å²) < 4.78 is 6.59. The normalized spacial score (nSPS) is 12.2. The zero-order valence-corrected chi connectivity index (χ0v) is 14.2. The Balaban J connectivity index is 2.25. The van der Waals surface area contributed by atoms with Gasteiger partial charge in [-0.3, -0.25) is 0 Å². The average molecular weight is 384 g/mol. The topological polar surface area (TPSA) is 9.23 Å². The molecule has 19 heavy (non-hydrogen) atoms. The summed E-state index contributed by atoms with van der Waals surface area (Å²) in [7, 11) is 0. The SMILES string of the molecule is CCOc1ccc(C(Br)c2ccc(C)cc2Br)cc1. The van der Waals surface area contributed by atoms with Crippen molar-refractivity contribution < 1.29 is 4.74 Å². The third-order valence-electron chi connectivity index (χ3n) is 2.91. The van der Waals surface area contributed by atoms with Crippen molar-refractivity contribution in [3.05, 3.63) is 63.6 Å². The molecular formula is C16H16Br2O. The molecule has 0 aliphatic rings. The van der Waals surface area contributed by atoms with E-state index in [2.05, 4.69) is 69.1 Å². The van der Waals surface area contributed by atoms with E-state index in [0.29, 0.717) is 6.61 Å². The molecular weight excluding hydrogens is 368 g/mol. The van der Waals surface area contributed by atoms with Crippen LogP contribution < -0.4 is 4.74 Å². The van der Waals surface area contributed by atoms with Crippen LogP contribution in [0.1, 0.15) is 28.4 Å². The van der Waals surface area contributed by atoms with Gasteiger partial charge in [0.2, 0.25) is 0 Å². The number of aryl methyl sites for hydroxylation is 1. The molecule has 0 aliphatic carbocycles. The molecule has 0 N–H and O–H groups in total. The highest BCUT2D eigenvalue weighted by atomic mass is 79.9. The van der Waals surface area contributed by atoms with Gasteiger partial charge in [-0.1, -0.05) is 56.1 Å². The second kappa shape index (κ2) is 6.58. The fourth-order valence-corrected chi connectivity index (χ4v) is 3.65. The lowest BCUT2D eigenvalue weighted by Gasteiger charge is -2.14. The molecule has 100 valence electrons. The highest BCUT2D eigenvalue weighted by Crippen LogP contribution is 2.36. The summed E-state index contributed by atoms with van der Waals surface area (Å²) in [5.74, 6) is 0.911. The molecule has 2 aromatic rings. The Morgan fingerprint density at radius 1 is 1.11 bits per heavy atom. The summed E-state index contributed by atoms with van der Waals surface area (Å²) in [5.41, 5.74) is 3.70. The van der Waals surface area contributed by atoms with E-state index in [9.17, 15) is 0 Å². The smallest absolute Gasteiger partial charge is 0.119 e. The van der Waals surface area contributed by atoms with Crippen LogP contribution >= 0.6 is 31.9 Å². The highest BCUT2D eigenvalue weighted by Gasteiger charge is 2.13. The Hall–Kier alpha value is -0.800. The Bertz CT molecular complexity index is 549. The number of ether oxygens (including phenoxy) is 1. The van der Waals surface area contributed by atoms with Crippen LogP contribution in [0.5, 0.6) is 5.75 Å². The molecule has 1 nitrogen and oxygen atoms in total. The quantitative estimate of drug-likeness (QED) is 0.620. The third-order valence-corrected chi connectivity index (χ3v) is 4.62. The van der Waals surface area contributed by atoms with Gasteiger partial charge in [-0.25, -0.2) is 0 Å². The van der Waals surface area contributed by atoms with Crippen molar-refractivity contribution in [2.75, 3.05) is 6.61 Å². The van der Waals surface area contributed by atoms with Gasteiger partial charge in [0.1, 0.15) is 5.75 Å². The van der Waals surface area contributed by atoms with Gasteiger partial charge in [-0.15, -0.1) is 0 Å². The zero-order valence-electron chi connectivity index (χ0n) is 11.0. The summed E-state index contributed by atoms with van der Waals surface area (Å²) in [6, 6.07) is 14.6. The molecule has 0 heterocycles. The molecule has 0 saturated carbocycles. The van der Waals surface area contributed by atoms with E-state index in [1.165, 1.54) is 16.7 Å². The largest absolute Gasteiger partial charge is 0.494 e. The summed E-state index contributed by atoms with van der Waals surface area (Å²) >= 11 is 7.39. The van der Waals surface area contributed by atoms with Crippen molar-refractivity contribution in [1.82, 2.24) is 0 Å². The first-order chi connectivity index (χ1) is 9.11. The van der Waals surface area contributed by atoms with E-state index in [1.807, 2.05) is 19.1 Å². The van der Waals surface area contributed by atoms with Crippen molar-refractivity contribution in [3.8, 4) is 5.75 Å². The Morgan fingerprint density at radius 3 is 2.37 bits per heavy atom. The minimum atomic E-state index is 0.179. The van der Waals surface area contributed by atoms with Crippen molar-refractivity contribution in [2.45, 2.75) is 18.7 Å². The van der Waals surface area contributed by atoms with Crippen molar-refractivity contribution >= 4 is 31.9 Å². The lowest BCUT2D eigenvalue weighted by Crippen LogP contribution is -1.96. The number of hydrogen-bond donors (Lipinski definition) is 0. The standard InChI is InChI=1S/C16H16Br2O/c1-3-19-13-7-5-12(6-8-13)16(18)14-9-4-11(2)10-15(14)17/h4-10,16H,3H2,1-2H3. The lowest BCUT2D eigenvalue weighted by molar-refractivity contribution is 0.340. The van der Waals surface area contributed by atoms with Crippen molar-refractivity contribution in [1.29, 1.82) is 0 Å². The first-order valence-corrected chi connectivity index (χ1v) is 7.95. The second-order valence-electron chi connectivity index (χ2n) is 4.39. The second-order valence-corrected chi connectivity index (χ2v) is 6.16. The van der Waals surface area contributed by atoms with Crippen LogP contribution in [0.15, 0.2) is 46.9 Å². The minimum Gasteiger partial charge on any atom is -0.494 e. The minimum absolute atomic E-state index is 0.179. The summed E-state index contributed by atoms with van der Waals surface area (Å²) in [6.45, 7) is 4.78. The highest BCUT2D eigenvalue weighted by molar-refractivity contribution is 9.11. The van der Waals surface area contributed by atoms with E-state index in [0.717, 1.165) is 10.2 Å². The van der Waals surface area contributed by atoms with E-state index >= 15 is 0 Å². The van der Waals surface area contributed by atoms with Crippen LogP contribution in [0.25, 0.3) is 0 Å². The first kappa shape index (κ1) is 14.6. The molecule has 3 heteroatoms. The van der Waals surface area contributed by atoms with Gasteiger partial charge in [0.25, 0.3) is 0 Å². The predicted octanol–water partition coefficient (Wildman–Crippen LogP) is 5.64. The molecule has 0 fully saturated rings. The molecule has 0 amide bonds. The van der Waals surface area contributed by atoms with Gasteiger partial charge in [0, 0.05) is 4.47 Å².